The van der Waals surface area contributed by atoms with Crippen molar-refractivity contribution in [3.05, 3.63) is 17.0 Å². The van der Waals surface area contributed by atoms with Crippen molar-refractivity contribution in [1.29, 1.82) is 0 Å². The Balaban J connectivity index is 1.57. The van der Waals surface area contributed by atoms with Crippen LogP contribution in [-0.4, -0.2) is 29.3 Å². The average Bonchev–Trinajstić information content (AvgIpc) is 3.20. The second-order valence-corrected chi connectivity index (χ2v) is 9.53. The van der Waals surface area contributed by atoms with E-state index < -0.39 is 11.9 Å². The first-order valence-electron chi connectivity index (χ1n) is 10.7. The number of esters is 1. The number of aliphatic carboxylic acids is 1. The lowest BCUT2D eigenvalue weighted by atomic mass is 9.69. The van der Waals surface area contributed by atoms with Crippen molar-refractivity contribution < 1.29 is 24.0 Å². The largest absolute Gasteiger partial charge is 0.481 e. The quantitative estimate of drug-likeness (QED) is 0.693. The van der Waals surface area contributed by atoms with Crippen molar-refractivity contribution in [3.63, 3.8) is 0 Å². The van der Waals surface area contributed by atoms with Gasteiger partial charge in [-0.1, -0.05) is 19.0 Å². The standard InChI is InChI=1S/C22H31NO5/c1-11(2)6-12-7-14(8-12)20-18(13-4-5-13)19(23-28-20)16-9-15(22(26)27-3)10-17(16)21(24)25/h11-17H,4-10H2,1-3H3,(H,24,25)/t12?,14?,15?,16-,17-/m0/s1. The number of hydrogen-bond acceptors (Lipinski definition) is 5. The molecule has 3 aliphatic carbocycles. The molecule has 3 atom stereocenters. The first kappa shape index (κ1) is 19.5. The Morgan fingerprint density at radius 1 is 1.18 bits per heavy atom. The summed E-state index contributed by atoms with van der Waals surface area (Å²) in [6, 6.07) is 0. The molecule has 0 bridgehead atoms. The molecule has 1 unspecified atom stereocenters. The molecule has 0 aliphatic heterocycles. The van der Waals surface area contributed by atoms with Crippen LogP contribution in [0.1, 0.15) is 93.6 Å². The minimum absolute atomic E-state index is 0.263. The minimum atomic E-state index is -0.858. The third-order valence-corrected chi connectivity index (χ3v) is 6.95. The average molecular weight is 389 g/mol. The lowest BCUT2D eigenvalue weighted by Gasteiger charge is -2.35. The van der Waals surface area contributed by atoms with E-state index in [-0.39, 0.29) is 17.8 Å². The third-order valence-electron chi connectivity index (χ3n) is 6.95. The fourth-order valence-corrected chi connectivity index (χ4v) is 5.45. The number of hydrogen-bond donors (Lipinski definition) is 1. The van der Waals surface area contributed by atoms with E-state index in [9.17, 15) is 14.7 Å². The van der Waals surface area contributed by atoms with Crippen molar-refractivity contribution in [2.45, 2.75) is 76.5 Å². The number of carboxylic acids is 1. The summed E-state index contributed by atoms with van der Waals surface area (Å²) >= 11 is 0. The summed E-state index contributed by atoms with van der Waals surface area (Å²) in [5, 5.41) is 14.2. The van der Waals surface area contributed by atoms with Crippen LogP contribution in [0.15, 0.2) is 4.52 Å². The highest BCUT2D eigenvalue weighted by molar-refractivity contribution is 5.77. The SMILES string of the molecule is COC(=O)C1C[C@H](C(=O)O)[C@@H](c2noc(C3CC(CC(C)C)C3)c2C2CC2)C1. The lowest BCUT2D eigenvalue weighted by Crippen LogP contribution is -2.24. The number of carbonyl (C=O) groups excluding carboxylic acids is 1. The van der Waals surface area contributed by atoms with Crippen LogP contribution in [0.25, 0.3) is 0 Å². The number of ether oxygens (including phenoxy) is 1. The number of carbonyl (C=O) groups is 2. The van der Waals surface area contributed by atoms with Gasteiger partial charge in [0, 0.05) is 17.4 Å². The number of carboxylic acid groups (broad SMARTS) is 1. The fraction of sp³-hybridized carbons (Fsp3) is 0.773. The van der Waals surface area contributed by atoms with Gasteiger partial charge in [-0.3, -0.25) is 9.59 Å². The van der Waals surface area contributed by atoms with Crippen molar-refractivity contribution in [1.82, 2.24) is 5.16 Å². The van der Waals surface area contributed by atoms with E-state index in [0.717, 1.165) is 43.1 Å². The van der Waals surface area contributed by atoms with Crippen molar-refractivity contribution in [2.75, 3.05) is 7.11 Å². The summed E-state index contributed by atoms with van der Waals surface area (Å²) in [5.41, 5.74) is 1.98. The van der Waals surface area contributed by atoms with Crippen LogP contribution in [0.5, 0.6) is 0 Å². The van der Waals surface area contributed by atoms with E-state index in [4.69, 9.17) is 9.26 Å². The molecule has 1 aromatic heterocycles. The minimum Gasteiger partial charge on any atom is -0.481 e. The van der Waals surface area contributed by atoms with Crippen molar-refractivity contribution >= 4 is 11.9 Å². The maximum Gasteiger partial charge on any atom is 0.308 e. The summed E-state index contributed by atoms with van der Waals surface area (Å²) in [6.45, 7) is 4.53. The predicted octanol–water partition coefficient (Wildman–Crippen LogP) is 4.46. The zero-order valence-electron chi connectivity index (χ0n) is 17.0. The van der Waals surface area contributed by atoms with Crippen LogP contribution >= 0.6 is 0 Å². The third kappa shape index (κ3) is 3.58. The normalized spacial score (nSPS) is 32.4. The molecule has 6 heteroatoms. The molecule has 1 heterocycles. The summed E-state index contributed by atoms with van der Waals surface area (Å²) < 4.78 is 10.7. The van der Waals surface area contributed by atoms with Crippen LogP contribution in [0.3, 0.4) is 0 Å². The van der Waals surface area contributed by atoms with E-state index in [1.165, 1.54) is 19.1 Å². The van der Waals surface area contributed by atoms with E-state index in [1.807, 2.05) is 0 Å². The van der Waals surface area contributed by atoms with Crippen molar-refractivity contribution in [3.8, 4) is 0 Å². The first-order valence-corrected chi connectivity index (χ1v) is 10.7. The van der Waals surface area contributed by atoms with Crippen LogP contribution < -0.4 is 0 Å². The highest BCUT2D eigenvalue weighted by Crippen LogP contribution is 2.54. The summed E-state index contributed by atoms with van der Waals surface area (Å²) in [6.07, 6.45) is 6.58. The summed E-state index contributed by atoms with van der Waals surface area (Å²) in [5.74, 6) is 0.927. The number of nitrogens with zero attached hydrogens (tertiary/aromatic N) is 1. The molecule has 6 nitrogen and oxygen atoms in total. The van der Waals surface area contributed by atoms with Crippen molar-refractivity contribution in [2.24, 2.45) is 23.7 Å². The summed E-state index contributed by atoms with van der Waals surface area (Å²) in [4.78, 5) is 23.9. The monoisotopic (exact) mass is 389 g/mol. The van der Waals surface area contributed by atoms with E-state index in [1.54, 1.807) is 0 Å². The summed E-state index contributed by atoms with van der Waals surface area (Å²) in [7, 11) is 1.36. The Morgan fingerprint density at radius 3 is 2.46 bits per heavy atom. The first-order chi connectivity index (χ1) is 13.4. The van der Waals surface area contributed by atoms with Gasteiger partial charge in [0.1, 0.15) is 5.76 Å². The zero-order chi connectivity index (χ0) is 20.0. The van der Waals surface area contributed by atoms with Gasteiger partial charge in [-0.15, -0.1) is 0 Å². The molecule has 0 saturated heterocycles. The van der Waals surface area contributed by atoms with Crippen LogP contribution in [-0.2, 0) is 14.3 Å². The van der Waals surface area contributed by atoms with Gasteiger partial charge >= 0.3 is 11.9 Å². The molecule has 3 saturated carbocycles. The zero-order valence-corrected chi connectivity index (χ0v) is 17.0. The second-order valence-electron chi connectivity index (χ2n) is 9.53. The van der Waals surface area contributed by atoms with Crippen LogP contribution in [0.2, 0.25) is 0 Å². The molecule has 4 rings (SSSR count). The molecule has 3 aliphatic rings. The molecule has 0 amide bonds. The predicted molar refractivity (Wildman–Crippen MR) is 102 cm³/mol. The number of rotatable bonds is 7. The van der Waals surface area contributed by atoms with Gasteiger partial charge < -0.3 is 14.4 Å². The van der Waals surface area contributed by atoms with Gasteiger partial charge in [-0.05, 0) is 62.7 Å². The van der Waals surface area contributed by atoms with E-state index in [2.05, 4.69) is 19.0 Å². The Kier molecular flexibility index (Phi) is 5.23. The Bertz CT molecular complexity index is 744. The molecular formula is C22H31NO5. The van der Waals surface area contributed by atoms with E-state index in [0.29, 0.717) is 30.6 Å². The molecule has 28 heavy (non-hydrogen) atoms. The molecule has 1 aromatic rings. The molecular weight excluding hydrogens is 358 g/mol. The van der Waals surface area contributed by atoms with Gasteiger partial charge in [0.05, 0.1) is 24.6 Å². The van der Waals surface area contributed by atoms with Gasteiger partial charge in [-0.25, -0.2) is 0 Å². The van der Waals surface area contributed by atoms with Crippen LogP contribution in [0.4, 0.5) is 0 Å². The number of aromatic nitrogens is 1. The second kappa shape index (κ2) is 7.53. The van der Waals surface area contributed by atoms with Crippen LogP contribution in [0, 0.1) is 23.7 Å². The molecule has 3 fully saturated rings. The maximum absolute atomic E-state index is 12.0. The van der Waals surface area contributed by atoms with E-state index >= 15 is 0 Å². The lowest BCUT2D eigenvalue weighted by molar-refractivity contribution is -0.145. The Labute approximate surface area is 166 Å². The van der Waals surface area contributed by atoms with Gasteiger partial charge in [0.25, 0.3) is 0 Å². The molecule has 0 spiro atoms. The molecule has 1 N–H and O–H groups in total. The Morgan fingerprint density at radius 2 is 1.89 bits per heavy atom. The van der Waals surface area contributed by atoms with Gasteiger partial charge in [0.2, 0.25) is 0 Å². The fourth-order valence-electron chi connectivity index (χ4n) is 5.45. The molecule has 0 aromatic carbocycles. The highest BCUT2D eigenvalue weighted by Gasteiger charge is 2.48. The smallest absolute Gasteiger partial charge is 0.308 e. The van der Waals surface area contributed by atoms with Gasteiger partial charge in [0.15, 0.2) is 0 Å². The highest BCUT2D eigenvalue weighted by atomic mass is 16.5. The topological polar surface area (TPSA) is 89.6 Å². The molecule has 154 valence electrons. The molecule has 0 radical (unpaired) electrons. The Hall–Kier alpha value is -1.85. The van der Waals surface area contributed by atoms with Gasteiger partial charge in [-0.2, -0.15) is 0 Å². The number of methoxy groups -OCH3 is 1. The maximum atomic E-state index is 12.0.